The molecule has 7 nitrogen and oxygen atoms in total. The number of nitrogens with zero attached hydrogens (tertiary/aromatic N) is 1. The fourth-order valence-electron chi connectivity index (χ4n) is 2.56. The van der Waals surface area contributed by atoms with Gasteiger partial charge in [-0.1, -0.05) is 12.1 Å². The Morgan fingerprint density at radius 2 is 2.15 bits per heavy atom. The molecule has 1 aromatic carbocycles. The van der Waals surface area contributed by atoms with Crippen molar-refractivity contribution >= 4 is 51.6 Å². The van der Waals surface area contributed by atoms with E-state index in [4.69, 9.17) is 0 Å². The number of para-hydroxylation sites is 1. The van der Waals surface area contributed by atoms with Crippen LogP contribution in [0.15, 0.2) is 34.5 Å². The zero-order chi connectivity index (χ0) is 18.5. The van der Waals surface area contributed by atoms with E-state index in [9.17, 15) is 14.4 Å². The number of thioether (sulfide) groups is 1. The van der Waals surface area contributed by atoms with Gasteiger partial charge in [-0.2, -0.15) is 0 Å². The molecule has 136 valence electrons. The molecule has 3 N–H and O–H groups in total. The van der Waals surface area contributed by atoms with Gasteiger partial charge in [0.2, 0.25) is 17.7 Å². The Kier molecular flexibility index (Phi) is 5.89. The van der Waals surface area contributed by atoms with Crippen LogP contribution in [0.4, 0.5) is 10.8 Å². The van der Waals surface area contributed by atoms with Crippen molar-refractivity contribution in [2.75, 3.05) is 16.9 Å². The summed E-state index contributed by atoms with van der Waals surface area (Å²) in [5, 5.41) is 10.3. The number of rotatable bonds is 6. The standard InChI is InChI=1S/C17H18N4O3S2/c1-25-13-5-3-2-4-11(13)19-15(23)8-10-9-26-17(18-10)21-16(24)12-6-7-14(22)20-12/h2-5,9,12H,6-8H2,1H3,(H,19,23)(H,20,22)(H,18,21,24). The summed E-state index contributed by atoms with van der Waals surface area (Å²) < 4.78 is 0. The number of anilines is 2. The van der Waals surface area contributed by atoms with E-state index in [1.165, 1.54) is 11.3 Å². The van der Waals surface area contributed by atoms with E-state index in [2.05, 4.69) is 20.9 Å². The number of carbonyl (C=O) groups is 3. The molecule has 2 aromatic rings. The second kappa shape index (κ2) is 8.33. The summed E-state index contributed by atoms with van der Waals surface area (Å²) in [5.74, 6) is -0.569. The van der Waals surface area contributed by atoms with E-state index in [0.717, 1.165) is 10.6 Å². The van der Waals surface area contributed by atoms with Crippen molar-refractivity contribution in [3.8, 4) is 0 Å². The summed E-state index contributed by atoms with van der Waals surface area (Å²) in [4.78, 5) is 40.7. The second-order valence-electron chi connectivity index (χ2n) is 5.72. The lowest BCUT2D eigenvalue weighted by molar-refractivity contribution is -0.122. The molecule has 1 atom stereocenters. The minimum absolute atomic E-state index is 0.118. The molecule has 0 bridgehead atoms. The zero-order valence-corrected chi connectivity index (χ0v) is 15.7. The maximum absolute atomic E-state index is 12.2. The van der Waals surface area contributed by atoms with Gasteiger partial charge < -0.3 is 16.0 Å². The SMILES string of the molecule is CSc1ccccc1NC(=O)Cc1csc(NC(=O)C2CCC(=O)N2)n1. The van der Waals surface area contributed by atoms with Gasteiger partial charge in [-0.25, -0.2) is 4.98 Å². The van der Waals surface area contributed by atoms with E-state index < -0.39 is 6.04 Å². The summed E-state index contributed by atoms with van der Waals surface area (Å²) in [7, 11) is 0. The lowest BCUT2D eigenvalue weighted by atomic mass is 10.2. The molecular weight excluding hydrogens is 372 g/mol. The van der Waals surface area contributed by atoms with Gasteiger partial charge in [-0.15, -0.1) is 23.1 Å². The summed E-state index contributed by atoms with van der Waals surface area (Å²) in [5.41, 5.74) is 1.35. The van der Waals surface area contributed by atoms with E-state index in [1.807, 2.05) is 30.5 Å². The Labute approximate surface area is 159 Å². The first kappa shape index (κ1) is 18.4. The van der Waals surface area contributed by atoms with E-state index in [-0.39, 0.29) is 24.1 Å². The van der Waals surface area contributed by atoms with Crippen molar-refractivity contribution in [3.05, 3.63) is 35.3 Å². The van der Waals surface area contributed by atoms with E-state index in [1.54, 1.807) is 17.1 Å². The number of aromatic nitrogens is 1. The second-order valence-corrected chi connectivity index (χ2v) is 7.42. The molecule has 26 heavy (non-hydrogen) atoms. The lowest BCUT2D eigenvalue weighted by Crippen LogP contribution is -2.37. The highest BCUT2D eigenvalue weighted by atomic mass is 32.2. The third kappa shape index (κ3) is 4.61. The number of amides is 3. The molecule has 1 fully saturated rings. The van der Waals surface area contributed by atoms with Crippen molar-refractivity contribution in [2.45, 2.75) is 30.2 Å². The van der Waals surface area contributed by atoms with Gasteiger partial charge in [0.1, 0.15) is 6.04 Å². The van der Waals surface area contributed by atoms with Crippen LogP contribution in [0, 0.1) is 0 Å². The maximum atomic E-state index is 12.2. The average Bonchev–Trinajstić information content (AvgIpc) is 3.24. The molecular formula is C17H18N4O3S2. The van der Waals surface area contributed by atoms with Crippen LogP contribution in [0.1, 0.15) is 18.5 Å². The summed E-state index contributed by atoms with van der Waals surface area (Å²) in [6.07, 6.45) is 2.92. The van der Waals surface area contributed by atoms with Crippen molar-refractivity contribution in [2.24, 2.45) is 0 Å². The molecule has 3 rings (SSSR count). The number of nitrogens with one attached hydrogen (secondary N) is 3. The minimum atomic E-state index is -0.513. The van der Waals surface area contributed by atoms with Crippen LogP contribution in [0.25, 0.3) is 0 Å². The molecule has 0 aliphatic carbocycles. The number of hydrogen-bond acceptors (Lipinski definition) is 6. The van der Waals surface area contributed by atoms with Gasteiger partial charge in [0, 0.05) is 16.7 Å². The highest BCUT2D eigenvalue weighted by molar-refractivity contribution is 7.98. The fraction of sp³-hybridized carbons (Fsp3) is 0.294. The Morgan fingerprint density at radius 1 is 1.35 bits per heavy atom. The summed E-state index contributed by atoms with van der Waals surface area (Å²) >= 11 is 2.81. The first-order valence-corrected chi connectivity index (χ1v) is 10.1. The molecule has 1 aromatic heterocycles. The topological polar surface area (TPSA) is 100 Å². The van der Waals surface area contributed by atoms with Crippen LogP contribution in [0.3, 0.4) is 0 Å². The summed E-state index contributed by atoms with van der Waals surface area (Å²) in [6, 6.07) is 7.07. The molecule has 0 saturated carbocycles. The Hall–Kier alpha value is -2.39. The zero-order valence-electron chi connectivity index (χ0n) is 14.1. The van der Waals surface area contributed by atoms with E-state index in [0.29, 0.717) is 23.7 Å². The molecule has 1 aliphatic heterocycles. The van der Waals surface area contributed by atoms with Crippen molar-refractivity contribution in [3.63, 3.8) is 0 Å². The largest absolute Gasteiger partial charge is 0.344 e. The first-order valence-electron chi connectivity index (χ1n) is 8.02. The van der Waals surface area contributed by atoms with Gasteiger partial charge >= 0.3 is 0 Å². The number of carbonyl (C=O) groups excluding carboxylic acids is 3. The quantitative estimate of drug-likeness (QED) is 0.657. The van der Waals surface area contributed by atoms with Crippen LogP contribution in [0.5, 0.6) is 0 Å². The van der Waals surface area contributed by atoms with Crippen LogP contribution in [0.2, 0.25) is 0 Å². The van der Waals surface area contributed by atoms with Gasteiger partial charge in [0.15, 0.2) is 5.13 Å². The van der Waals surface area contributed by atoms with Crippen molar-refractivity contribution in [1.82, 2.24) is 10.3 Å². The molecule has 0 radical (unpaired) electrons. The molecule has 9 heteroatoms. The fourth-order valence-corrected chi connectivity index (χ4v) is 3.82. The summed E-state index contributed by atoms with van der Waals surface area (Å²) in [6.45, 7) is 0. The number of thiazole rings is 1. The minimum Gasteiger partial charge on any atom is -0.344 e. The third-order valence-electron chi connectivity index (χ3n) is 3.82. The predicted octanol–water partition coefficient (Wildman–Crippen LogP) is 2.26. The molecule has 2 heterocycles. The highest BCUT2D eigenvalue weighted by Crippen LogP contribution is 2.25. The predicted molar refractivity (Wildman–Crippen MR) is 102 cm³/mol. The molecule has 1 unspecified atom stereocenters. The van der Waals surface area contributed by atoms with Gasteiger partial charge in [-0.05, 0) is 24.8 Å². The molecule has 3 amide bonds. The van der Waals surface area contributed by atoms with E-state index >= 15 is 0 Å². The maximum Gasteiger partial charge on any atom is 0.248 e. The normalized spacial score (nSPS) is 16.2. The van der Waals surface area contributed by atoms with Crippen LogP contribution in [-0.4, -0.2) is 35.0 Å². The van der Waals surface area contributed by atoms with Gasteiger partial charge in [0.25, 0.3) is 0 Å². The lowest BCUT2D eigenvalue weighted by Gasteiger charge is -2.09. The average molecular weight is 390 g/mol. The van der Waals surface area contributed by atoms with Crippen LogP contribution in [-0.2, 0) is 20.8 Å². The number of benzene rings is 1. The van der Waals surface area contributed by atoms with Gasteiger partial charge in [-0.3, -0.25) is 14.4 Å². The number of hydrogen-bond donors (Lipinski definition) is 3. The highest BCUT2D eigenvalue weighted by Gasteiger charge is 2.27. The Bertz CT molecular complexity index is 837. The Morgan fingerprint density at radius 3 is 2.88 bits per heavy atom. The third-order valence-corrected chi connectivity index (χ3v) is 5.42. The first-order chi connectivity index (χ1) is 12.5. The monoisotopic (exact) mass is 390 g/mol. The van der Waals surface area contributed by atoms with Crippen LogP contribution >= 0.6 is 23.1 Å². The van der Waals surface area contributed by atoms with Gasteiger partial charge in [0.05, 0.1) is 17.8 Å². The van der Waals surface area contributed by atoms with Crippen molar-refractivity contribution in [1.29, 1.82) is 0 Å². The van der Waals surface area contributed by atoms with Crippen LogP contribution < -0.4 is 16.0 Å². The molecule has 1 saturated heterocycles. The Balaban J connectivity index is 1.55. The van der Waals surface area contributed by atoms with Crippen molar-refractivity contribution < 1.29 is 14.4 Å². The molecule has 1 aliphatic rings. The smallest absolute Gasteiger partial charge is 0.248 e. The molecule has 0 spiro atoms.